The van der Waals surface area contributed by atoms with E-state index in [9.17, 15) is 9.90 Å². The summed E-state index contributed by atoms with van der Waals surface area (Å²) in [6.45, 7) is 0.707. The summed E-state index contributed by atoms with van der Waals surface area (Å²) in [7, 11) is 0. The van der Waals surface area contributed by atoms with Crippen molar-refractivity contribution in [2.75, 3.05) is 6.61 Å². The summed E-state index contributed by atoms with van der Waals surface area (Å²) in [5.41, 5.74) is 0.864. The molecule has 1 saturated heterocycles. The van der Waals surface area contributed by atoms with Crippen molar-refractivity contribution in [2.24, 2.45) is 5.10 Å². The number of carbonyl (C=O) groups is 1. The number of aromatic amines is 1. The number of nitrogens with one attached hydrogen (secondary N) is 1. The monoisotopic (exact) mass is 317 g/mol. The van der Waals surface area contributed by atoms with Crippen LogP contribution in [0.25, 0.3) is 0 Å². The van der Waals surface area contributed by atoms with Crippen molar-refractivity contribution in [1.29, 1.82) is 0 Å². The molecule has 1 N–H and O–H groups in total. The summed E-state index contributed by atoms with van der Waals surface area (Å²) in [6, 6.07) is 6.22. The first-order valence-electron chi connectivity index (χ1n) is 6.80. The van der Waals surface area contributed by atoms with Crippen LogP contribution in [0, 0.1) is 4.77 Å². The Labute approximate surface area is 131 Å². The van der Waals surface area contributed by atoms with E-state index in [2.05, 4.69) is 15.3 Å². The predicted molar refractivity (Wildman–Crippen MR) is 79.1 cm³/mol. The van der Waals surface area contributed by atoms with Gasteiger partial charge in [-0.05, 0) is 36.2 Å². The number of aromatic carboxylic acids is 1. The van der Waals surface area contributed by atoms with Gasteiger partial charge in [0.2, 0.25) is 4.77 Å². The van der Waals surface area contributed by atoms with Crippen LogP contribution < -0.4 is 5.11 Å². The van der Waals surface area contributed by atoms with Crippen molar-refractivity contribution >= 4 is 24.4 Å². The fourth-order valence-corrected chi connectivity index (χ4v) is 2.42. The van der Waals surface area contributed by atoms with Gasteiger partial charge in [-0.25, -0.2) is 0 Å². The number of H-pyrrole nitrogens is 1. The highest BCUT2D eigenvalue weighted by Crippen LogP contribution is 2.26. The van der Waals surface area contributed by atoms with Gasteiger partial charge in [0.15, 0.2) is 5.82 Å². The van der Waals surface area contributed by atoms with E-state index in [4.69, 9.17) is 17.0 Å². The van der Waals surface area contributed by atoms with E-state index < -0.39 is 5.97 Å². The van der Waals surface area contributed by atoms with Gasteiger partial charge in [-0.2, -0.15) is 14.9 Å². The van der Waals surface area contributed by atoms with Crippen LogP contribution in [0.2, 0.25) is 0 Å². The third-order valence-electron chi connectivity index (χ3n) is 3.36. The zero-order valence-corrected chi connectivity index (χ0v) is 12.4. The van der Waals surface area contributed by atoms with Crippen LogP contribution in [0.3, 0.4) is 0 Å². The minimum Gasteiger partial charge on any atom is -0.545 e. The van der Waals surface area contributed by atoms with Gasteiger partial charge < -0.3 is 14.6 Å². The van der Waals surface area contributed by atoms with Crippen molar-refractivity contribution in [3.8, 4) is 0 Å². The molecule has 0 saturated carbocycles. The number of benzene rings is 1. The quantitative estimate of drug-likeness (QED) is 0.671. The fraction of sp³-hybridized carbons (Fsp3) is 0.286. The molecule has 0 amide bonds. The number of carbonyl (C=O) groups excluding carboxylic acids is 1. The standard InChI is InChI=1S/C14H14N4O3S/c19-13(20)10-5-3-9(4-6-10)8-15-18-12(16-17-14(18)22)11-2-1-7-21-11/h3-6,8,11H,1-2,7H2,(H,17,22)(H,19,20)/p-1/b15-8-/t11-/m1/s1. The zero-order valence-electron chi connectivity index (χ0n) is 11.6. The van der Waals surface area contributed by atoms with Crippen LogP contribution in [0.4, 0.5) is 0 Å². The molecule has 2 aromatic rings. The second-order valence-corrected chi connectivity index (χ2v) is 5.24. The van der Waals surface area contributed by atoms with E-state index in [1.54, 1.807) is 18.3 Å². The Balaban J connectivity index is 1.84. The topological polar surface area (TPSA) is 95.3 Å². The van der Waals surface area contributed by atoms with Crippen LogP contribution in [-0.4, -0.2) is 33.7 Å². The molecule has 1 fully saturated rings. The lowest BCUT2D eigenvalue weighted by Crippen LogP contribution is -2.21. The van der Waals surface area contributed by atoms with Crippen molar-refractivity contribution in [3.63, 3.8) is 0 Å². The molecule has 1 aliphatic rings. The van der Waals surface area contributed by atoms with Gasteiger partial charge in [0.1, 0.15) is 6.10 Å². The first kappa shape index (κ1) is 14.6. The Morgan fingerprint density at radius 2 is 2.27 bits per heavy atom. The third-order valence-corrected chi connectivity index (χ3v) is 3.63. The molecule has 0 bridgehead atoms. The summed E-state index contributed by atoms with van der Waals surface area (Å²) in [6.07, 6.45) is 3.35. The van der Waals surface area contributed by atoms with Crippen LogP contribution in [0.15, 0.2) is 29.4 Å². The number of carboxylic acid groups (broad SMARTS) is 1. The Morgan fingerprint density at radius 1 is 1.50 bits per heavy atom. The molecule has 1 aliphatic heterocycles. The third kappa shape index (κ3) is 2.97. The maximum atomic E-state index is 10.7. The molecule has 7 nitrogen and oxygen atoms in total. The molecule has 3 rings (SSSR count). The van der Waals surface area contributed by atoms with Crippen LogP contribution in [0.1, 0.15) is 40.7 Å². The van der Waals surface area contributed by atoms with Gasteiger partial charge in [0, 0.05) is 6.61 Å². The summed E-state index contributed by atoms with van der Waals surface area (Å²) in [5, 5.41) is 21.9. The molecule has 0 spiro atoms. The molecule has 2 heterocycles. The minimum absolute atomic E-state index is 0.106. The molecule has 1 aromatic heterocycles. The highest BCUT2D eigenvalue weighted by atomic mass is 32.1. The first-order valence-corrected chi connectivity index (χ1v) is 7.20. The van der Waals surface area contributed by atoms with Gasteiger partial charge in [-0.1, -0.05) is 24.3 Å². The molecule has 114 valence electrons. The number of rotatable bonds is 4. The second kappa shape index (κ2) is 6.20. The van der Waals surface area contributed by atoms with Crippen LogP contribution in [0.5, 0.6) is 0 Å². The molecule has 8 heteroatoms. The predicted octanol–water partition coefficient (Wildman–Crippen LogP) is 1.04. The van der Waals surface area contributed by atoms with E-state index in [0.29, 0.717) is 17.2 Å². The lowest BCUT2D eigenvalue weighted by molar-refractivity contribution is -0.255. The summed E-state index contributed by atoms with van der Waals surface area (Å²) in [5.74, 6) is -0.564. The molecular weight excluding hydrogens is 304 g/mol. The van der Waals surface area contributed by atoms with E-state index in [-0.39, 0.29) is 11.7 Å². The lowest BCUT2D eigenvalue weighted by atomic mass is 10.1. The number of ether oxygens (including phenoxy) is 1. The van der Waals surface area contributed by atoms with Gasteiger partial charge in [-0.3, -0.25) is 5.10 Å². The number of hydrogen-bond acceptors (Lipinski definition) is 6. The molecule has 22 heavy (non-hydrogen) atoms. The Hall–Kier alpha value is -2.32. The first-order chi connectivity index (χ1) is 10.6. The van der Waals surface area contributed by atoms with Crippen LogP contribution >= 0.6 is 12.2 Å². The highest BCUT2D eigenvalue weighted by molar-refractivity contribution is 7.71. The SMILES string of the molecule is O=C([O-])c1ccc(/C=N\n2c([C@H]3CCCO3)n[nH]c2=S)cc1. The number of nitrogens with zero attached hydrogens (tertiary/aromatic N) is 3. The van der Waals surface area contributed by atoms with E-state index in [0.717, 1.165) is 18.4 Å². The van der Waals surface area contributed by atoms with Crippen LogP contribution in [-0.2, 0) is 4.74 Å². The molecule has 0 radical (unpaired) electrons. The number of hydrogen-bond donors (Lipinski definition) is 1. The van der Waals surface area contributed by atoms with Gasteiger partial charge in [0.25, 0.3) is 0 Å². The second-order valence-electron chi connectivity index (χ2n) is 4.85. The number of carboxylic acids is 1. The van der Waals surface area contributed by atoms with Gasteiger partial charge >= 0.3 is 0 Å². The lowest BCUT2D eigenvalue weighted by Gasteiger charge is -2.07. The van der Waals surface area contributed by atoms with E-state index in [1.165, 1.54) is 16.8 Å². The summed E-state index contributed by atoms with van der Waals surface area (Å²) < 4.78 is 7.50. The average Bonchev–Trinajstić information content (AvgIpc) is 3.15. The van der Waals surface area contributed by atoms with Crippen molar-refractivity contribution in [1.82, 2.24) is 14.9 Å². The molecule has 0 unspecified atom stereocenters. The van der Waals surface area contributed by atoms with Crippen molar-refractivity contribution in [2.45, 2.75) is 18.9 Å². The smallest absolute Gasteiger partial charge is 0.216 e. The average molecular weight is 317 g/mol. The molecule has 1 atom stereocenters. The molecule has 0 aliphatic carbocycles. The number of aromatic nitrogens is 3. The minimum atomic E-state index is -1.21. The fourth-order valence-electron chi connectivity index (χ4n) is 2.23. The molecule has 1 aromatic carbocycles. The van der Waals surface area contributed by atoms with E-state index in [1.807, 2.05) is 0 Å². The maximum absolute atomic E-state index is 10.7. The summed E-state index contributed by atoms with van der Waals surface area (Å²) in [4.78, 5) is 10.7. The normalized spacial score (nSPS) is 18.1. The van der Waals surface area contributed by atoms with E-state index >= 15 is 0 Å². The van der Waals surface area contributed by atoms with Crippen molar-refractivity contribution < 1.29 is 14.6 Å². The Morgan fingerprint density at radius 3 is 2.91 bits per heavy atom. The largest absolute Gasteiger partial charge is 0.545 e. The Bertz CT molecular complexity index is 757. The van der Waals surface area contributed by atoms with Crippen molar-refractivity contribution in [3.05, 3.63) is 46.0 Å². The molecular formula is C14H13N4O3S-. The summed E-state index contributed by atoms with van der Waals surface area (Å²) >= 11 is 5.17. The highest BCUT2D eigenvalue weighted by Gasteiger charge is 2.23. The van der Waals surface area contributed by atoms with Gasteiger partial charge in [-0.15, -0.1) is 0 Å². The zero-order chi connectivity index (χ0) is 15.5. The maximum Gasteiger partial charge on any atom is 0.216 e. The van der Waals surface area contributed by atoms with Gasteiger partial charge in [0.05, 0.1) is 12.2 Å². The Kier molecular flexibility index (Phi) is 4.12.